The Morgan fingerprint density at radius 2 is 2.06 bits per heavy atom. The van der Waals surface area contributed by atoms with E-state index in [2.05, 4.69) is 15.7 Å². The molecule has 18 heavy (non-hydrogen) atoms. The third kappa shape index (κ3) is 2.92. The van der Waals surface area contributed by atoms with Gasteiger partial charge in [0, 0.05) is 19.0 Å². The lowest BCUT2D eigenvalue weighted by Crippen LogP contribution is -3.09. The maximum atomic E-state index is 5.71. The zero-order valence-electron chi connectivity index (χ0n) is 9.93. The molecule has 1 aliphatic heterocycles. The number of rotatable bonds is 1. The molecule has 0 spiro atoms. The minimum absolute atomic E-state index is 0. The summed E-state index contributed by atoms with van der Waals surface area (Å²) < 4.78 is 5.71. The molecule has 1 aliphatic rings. The third-order valence-electron chi connectivity index (χ3n) is 3.18. The minimum Gasteiger partial charge on any atom is -1.00 e. The number of nitrogens with zero attached hydrogens (tertiary/aromatic N) is 2. The van der Waals surface area contributed by atoms with Gasteiger partial charge in [0.25, 0.3) is 0 Å². The number of hydrogen-bond donors (Lipinski definition) is 2. The van der Waals surface area contributed by atoms with Crippen molar-refractivity contribution in [3.63, 3.8) is 0 Å². The van der Waals surface area contributed by atoms with Gasteiger partial charge in [-0.05, 0) is 12.1 Å². The van der Waals surface area contributed by atoms with Crippen LogP contribution < -0.4 is 23.0 Å². The molecular formula is C11H17Cl2N4O+. The van der Waals surface area contributed by atoms with Crippen molar-refractivity contribution in [1.29, 1.82) is 0 Å². The highest BCUT2D eigenvalue weighted by Crippen LogP contribution is 2.13. The van der Waals surface area contributed by atoms with Crippen LogP contribution in [0, 0.1) is 0 Å². The fourth-order valence-electron chi connectivity index (χ4n) is 2.16. The van der Waals surface area contributed by atoms with Crippen molar-refractivity contribution >= 4 is 29.7 Å². The fourth-order valence-corrected chi connectivity index (χ4v) is 2.16. The van der Waals surface area contributed by atoms with Crippen LogP contribution in [-0.4, -0.2) is 29.1 Å². The summed E-state index contributed by atoms with van der Waals surface area (Å²) in [7, 11) is 0. The molecule has 1 fully saturated rings. The Morgan fingerprint density at radius 1 is 1.33 bits per heavy atom. The number of aromatic nitrogens is 2. The van der Waals surface area contributed by atoms with Crippen molar-refractivity contribution in [3.05, 3.63) is 18.3 Å². The molecule has 4 N–H and O–H groups in total. The highest BCUT2D eigenvalue weighted by Gasteiger charge is 2.27. The summed E-state index contributed by atoms with van der Waals surface area (Å²) in [6.07, 6.45) is 4.02. The molecule has 7 heteroatoms. The predicted molar refractivity (Wildman–Crippen MR) is 65.3 cm³/mol. The molecule has 0 bridgehead atoms. The quantitative estimate of drug-likeness (QED) is 0.575. The maximum Gasteiger partial charge on any atom is 0.404 e. The number of halogens is 2. The molecule has 5 nitrogen and oxygen atoms in total. The topological polar surface area (TPSA) is 71.0 Å². The Morgan fingerprint density at radius 3 is 2.72 bits per heavy atom. The van der Waals surface area contributed by atoms with Gasteiger partial charge in [-0.25, -0.2) is 4.98 Å². The number of nitrogens with one attached hydrogen (secondary N) is 1. The molecule has 0 aliphatic carbocycles. The van der Waals surface area contributed by atoms with Crippen molar-refractivity contribution < 1.29 is 27.5 Å². The summed E-state index contributed by atoms with van der Waals surface area (Å²) >= 11 is 0. The average Bonchev–Trinajstić information content (AvgIpc) is 2.73. The first-order valence-electron chi connectivity index (χ1n) is 5.72. The highest BCUT2D eigenvalue weighted by molar-refractivity contribution is 5.85. The lowest BCUT2D eigenvalue weighted by atomic mass is 10.1. The standard InChI is InChI=1S/C11H14N4O.2ClH/c12-8-3-6-15(7-4-8)11-14-10-9(16-11)2-1-5-13-10;;/h1-2,5,8H,3-4,6-7,12H2;2*1H/p+1. The van der Waals surface area contributed by atoms with Crippen molar-refractivity contribution in [1.82, 2.24) is 9.97 Å². The van der Waals surface area contributed by atoms with Crippen molar-refractivity contribution in [2.75, 3.05) is 13.1 Å². The van der Waals surface area contributed by atoms with E-state index in [4.69, 9.17) is 4.42 Å². The molecule has 3 heterocycles. The molecule has 0 atom stereocenters. The van der Waals surface area contributed by atoms with E-state index < -0.39 is 0 Å². The van der Waals surface area contributed by atoms with Gasteiger partial charge in [-0.3, -0.25) is 4.90 Å². The summed E-state index contributed by atoms with van der Waals surface area (Å²) in [5.41, 5.74) is 5.58. The van der Waals surface area contributed by atoms with Crippen LogP contribution in [0.4, 0.5) is 6.01 Å². The number of fused-ring (bicyclic) bond motifs is 1. The second-order valence-corrected chi connectivity index (χ2v) is 4.39. The molecule has 1 saturated heterocycles. The Balaban J connectivity index is 0.000000810. The fraction of sp³-hybridized carbons (Fsp3) is 0.455. The SMILES string of the molecule is Cl.[Cl-].[NH3+]C1CC[NH+](c2nc3ncccc3o2)CC1. The largest absolute Gasteiger partial charge is 1.00 e. The zero-order valence-corrected chi connectivity index (χ0v) is 11.5. The Kier molecular flexibility index (Phi) is 5.34. The molecule has 0 unspecified atom stereocenters. The van der Waals surface area contributed by atoms with Crippen LogP contribution in [-0.2, 0) is 0 Å². The number of hydrogen-bond acceptors (Lipinski definition) is 3. The molecule has 2 aromatic rings. The zero-order chi connectivity index (χ0) is 11.0. The van der Waals surface area contributed by atoms with E-state index in [-0.39, 0.29) is 24.8 Å². The first kappa shape index (κ1) is 15.2. The van der Waals surface area contributed by atoms with Gasteiger partial charge < -0.3 is 22.6 Å². The number of oxazole rings is 1. The molecule has 0 saturated carbocycles. The van der Waals surface area contributed by atoms with Crippen LogP contribution in [0.2, 0.25) is 0 Å². The number of piperidine rings is 1. The molecule has 0 radical (unpaired) electrons. The van der Waals surface area contributed by atoms with Gasteiger partial charge in [-0.1, -0.05) is 0 Å². The van der Waals surface area contributed by atoms with Crippen molar-refractivity contribution in [2.45, 2.75) is 18.9 Å². The second-order valence-electron chi connectivity index (χ2n) is 4.39. The van der Waals surface area contributed by atoms with Crippen LogP contribution in [0.25, 0.3) is 11.2 Å². The molecule has 100 valence electrons. The first-order valence-corrected chi connectivity index (χ1v) is 5.72. The van der Waals surface area contributed by atoms with E-state index in [1.165, 1.54) is 4.90 Å². The van der Waals surface area contributed by atoms with Crippen LogP contribution in [0.3, 0.4) is 0 Å². The van der Waals surface area contributed by atoms with Gasteiger partial charge in [0.05, 0.1) is 19.1 Å². The third-order valence-corrected chi connectivity index (χ3v) is 3.18. The van der Waals surface area contributed by atoms with E-state index in [1.807, 2.05) is 12.1 Å². The van der Waals surface area contributed by atoms with E-state index >= 15 is 0 Å². The first-order chi connectivity index (χ1) is 7.83. The van der Waals surface area contributed by atoms with Gasteiger partial charge in [0.2, 0.25) is 5.65 Å². The lowest BCUT2D eigenvalue weighted by molar-refractivity contribution is -0.853. The van der Waals surface area contributed by atoms with Crippen LogP contribution in [0.15, 0.2) is 22.7 Å². The Bertz CT molecular complexity index is 464. The van der Waals surface area contributed by atoms with Crippen LogP contribution in [0.1, 0.15) is 12.8 Å². The van der Waals surface area contributed by atoms with Crippen molar-refractivity contribution in [2.24, 2.45) is 0 Å². The van der Waals surface area contributed by atoms with E-state index in [1.54, 1.807) is 6.20 Å². The summed E-state index contributed by atoms with van der Waals surface area (Å²) in [5, 5.41) is 0. The normalized spacial score (nSPS) is 23.2. The molecule has 3 rings (SSSR count). The highest BCUT2D eigenvalue weighted by atomic mass is 35.5. The van der Waals surface area contributed by atoms with Gasteiger partial charge in [0.1, 0.15) is 0 Å². The second kappa shape index (κ2) is 6.33. The van der Waals surface area contributed by atoms with E-state index in [0.29, 0.717) is 11.7 Å². The Labute approximate surface area is 118 Å². The maximum absolute atomic E-state index is 5.71. The summed E-state index contributed by atoms with van der Waals surface area (Å²) in [5.74, 6) is 0. The van der Waals surface area contributed by atoms with E-state index in [0.717, 1.165) is 37.5 Å². The van der Waals surface area contributed by atoms with Gasteiger partial charge >= 0.3 is 6.01 Å². The van der Waals surface area contributed by atoms with Crippen LogP contribution >= 0.6 is 12.4 Å². The molecule has 0 amide bonds. The number of quaternary nitrogens is 2. The minimum atomic E-state index is 0. The van der Waals surface area contributed by atoms with Crippen LogP contribution in [0.5, 0.6) is 0 Å². The molecule has 0 aromatic carbocycles. The summed E-state index contributed by atoms with van der Waals surface area (Å²) in [4.78, 5) is 9.92. The summed E-state index contributed by atoms with van der Waals surface area (Å²) in [6, 6.07) is 5.15. The van der Waals surface area contributed by atoms with E-state index in [9.17, 15) is 0 Å². The summed E-state index contributed by atoms with van der Waals surface area (Å²) in [6.45, 7) is 2.11. The molecule has 2 aromatic heterocycles. The smallest absolute Gasteiger partial charge is 0.404 e. The predicted octanol–water partition coefficient (Wildman–Crippen LogP) is -3.43. The van der Waals surface area contributed by atoms with Gasteiger partial charge in [-0.2, -0.15) is 0 Å². The molecular weight excluding hydrogens is 275 g/mol. The van der Waals surface area contributed by atoms with Gasteiger partial charge in [0.15, 0.2) is 5.58 Å². The van der Waals surface area contributed by atoms with Crippen molar-refractivity contribution in [3.8, 4) is 0 Å². The Hall–Kier alpha value is -0.880. The van der Waals surface area contributed by atoms with Gasteiger partial charge in [-0.15, -0.1) is 17.4 Å². The lowest BCUT2D eigenvalue weighted by Gasteiger charge is -2.21. The number of pyridine rings is 1. The monoisotopic (exact) mass is 291 g/mol. The average molecular weight is 292 g/mol.